The summed E-state index contributed by atoms with van der Waals surface area (Å²) in [6, 6.07) is 14.8. The summed E-state index contributed by atoms with van der Waals surface area (Å²) < 4.78 is 1.58. The Morgan fingerprint density at radius 2 is 1.91 bits per heavy atom. The molecule has 2 bridgehead atoms. The Morgan fingerprint density at radius 1 is 1.15 bits per heavy atom. The zero-order chi connectivity index (χ0) is 24.3. The zero-order valence-electron chi connectivity index (χ0n) is 20.0. The van der Waals surface area contributed by atoms with Crippen LogP contribution in [-0.4, -0.2) is 38.2 Å². The molecule has 1 saturated carbocycles. The Morgan fingerprint density at radius 3 is 2.68 bits per heavy atom. The molecule has 3 aromatic rings. The number of hydrogen-bond donors (Lipinski definition) is 0. The number of para-hydroxylation sites is 1. The molecule has 178 valence electrons. The van der Waals surface area contributed by atoms with Crippen LogP contribution in [0.5, 0.6) is 0 Å². The van der Waals surface area contributed by atoms with Crippen molar-refractivity contribution in [1.82, 2.24) is 14.5 Å². The lowest BCUT2D eigenvalue weighted by Crippen LogP contribution is -2.41. The maximum absolute atomic E-state index is 13.7. The molecule has 0 spiro atoms. The molecule has 1 aromatic heterocycles. The minimum Gasteiger partial charge on any atom is -0.338 e. The van der Waals surface area contributed by atoms with E-state index in [1.54, 1.807) is 22.8 Å². The fourth-order valence-corrected chi connectivity index (χ4v) is 7.38. The first-order valence-electron chi connectivity index (χ1n) is 11.8. The van der Waals surface area contributed by atoms with E-state index in [9.17, 15) is 9.59 Å². The van der Waals surface area contributed by atoms with E-state index < -0.39 is 0 Å². The summed E-state index contributed by atoms with van der Waals surface area (Å²) in [6.07, 6.45) is 3.25. The molecular formula is C27H30ClN3O2S. The van der Waals surface area contributed by atoms with Crippen LogP contribution in [0, 0.1) is 10.8 Å². The molecule has 3 atom stereocenters. The van der Waals surface area contributed by atoms with Gasteiger partial charge in [0.15, 0.2) is 5.16 Å². The second-order valence-electron chi connectivity index (χ2n) is 11.0. The highest BCUT2D eigenvalue weighted by Crippen LogP contribution is 2.52. The number of aromatic nitrogens is 2. The van der Waals surface area contributed by atoms with E-state index in [0.717, 1.165) is 25.8 Å². The van der Waals surface area contributed by atoms with E-state index in [1.165, 1.54) is 11.8 Å². The van der Waals surface area contributed by atoms with Crippen molar-refractivity contribution in [3.05, 3.63) is 63.9 Å². The minimum absolute atomic E-state index is 0.122. The highest BCUT2D eigenvalue weighted by atomic mass is 35.5. The third-order valence-electron chi connectivity index (χ3n) is 7.14. The van der Waals surface area contributed by atoms with Gasteiger partial charge in [-0.2, -0.15) is 0 Å². The van der Waals surface area contributed by atoms with Gasteiger partial charge >= 0.3 is 0 Å². The van der Waals surface area contributed by atoms with Gasteiger partial charge in [-0.05, 0) is 67.3 Å². The quantitative estimate of drug-likeness (QED) is 0.331. The van der Waals surface area contributed by atoms with E-state index in [2.05, 4.69) is 25.7 Å². The molecule has 1 aliphatic heterocycles. The summed E-state index contributed by atoms with van der Waals surface area (Å²) in [5.74, 6) is 0.122. The highest BCUT2D eigenvalue weighted by molar-refractivity contribution is 8.00. The van der Waals surface area contributed by atoms with Crippen LogP contribution in [0.2, 0.25) is 5.02 Å². The van der Waals surface area contributed by atoms with Crippen LogP contribution in [0.4, 0.5) is 0 Å². The molecule has 1 aliphatic carbocycles. The van der Waals surface area contributed by atoms with Crippen molar-refractivity contribution >= 4 is 40.2 Å². The van der Waals surface area contributed by atoms with Gasteiger partial charge in [0.1, 0.15) is 0 Å². The molecule has 1 amide bonds. The van der Waals surface area contributed by atoms with Gasteiger partial charge in [-0.15, -0.1) is 0 Å². The predicted octanol–water partition coefficient (Wildman–Crippen LogP) is 5.95. The first kappa shape index (κ1) is 23.4. The van der Waals surface area contributed by atoms with E-state index >= 15 is 0 Å². The molecule has 0 radical (unpaired) electrons. The van der Waals surface area contributed by atoms with Crippen molar-refractivity contribution < 1.29 is 4.79 Å². The molecule has 2 aliphatic rings. The average molecular weight is 496 g/mol. The molecule has 2 fully saturated rings. The van der Waals surface area contributed by atoms with E-state index in [1.807, 2.05) is 37.3 Å². The number of rotatable bonds is 4. The Kier molecular flexibility index (Phi) is 5.80. The fourth-order valence-electron chi connectivity index (χ4n) is 6.19. The lowest BCUT2D eigenvalue weighted by Gasteiger charge is -2.39. The summed E-state index contributed by atoms with van der Waals surface area (Å²) in [5.41, 5.74) is 1.52. The SMILES string of the molecule is CC(Sc1nc2ccccc2c(=O)n1-c1cccc(Cl)c1)C(=O)N1CC2(C)CC1CC(C)(C)C2. The molecule has 5 nitrogen and oxygen atoms in total. The lowest BCUT2D eigenvalue weighted by atomic mass is 9.65. The van der Waals surface area contributed by atoms with E-state index in [0.29, 0.717) is 26.8 Å². The maximum atomic E-state index is 13.7. The molecule has 2 heterocycles. The predicted molar refractivity (Wildman–Crippen MR) is 139 cm³/mol. The van der Waals surface area contributed by atoms with Gasteiger partial charge < -0.3 is 4.90 Å². The zero-order valence-corrected chi connectivity index (χ0v) is 21.6. The van der Waals surface area contributed by atoms with Crippen molar-refractivity contribution in [1.29, 1.82) is 0 Å². The van der Waals surface area contributed by atoms with Gasteiger partial charge in [0.25, 0.3) is 5.56 Å². The lowest BCUT2D eigenvalue weighted by molar-refractivity contribution is -0.131. The number of thioether (sulfide) groups is 1. The number of carbonyl (C=O) groups excluding carboxylic acids is 1. The number of halogens is 1. The van der Waals surface area contributed by atoms with Crippen molar-refractivity contribution in [3.8, 4) is 5.69 Å². The van der Waals surface area contributed by atoms with Crippen molar-refractivity contribution in [2.24, 2.45) is 10.8 Å². The summed E-state index contributed by atoms with van der Waals surface area (Å²) in [7, 11) is 0. The van der Waals surface area contributed by atoms with Gasteiger partial charge in [0.05, 0.1) is 21.8 Å². The van der Waals surface area contributed by atoms with Crippen LogP contribution in [-0.2, 0) is 4.79 Å². The number of benzene rings is 2. The Balaban J connectivity index is 1.51. The molecule has 5 rings (SSSR count). The van der Waals surface area contributed by atoms with Crippen LogP contribution < -0.4 is 5.56 Å². The van der Waals surface area contributed by atoms with Gasteiger partial charge in [-0.3, -0.25) is 14.2 Å². The molecule has 3 unspecified atom stereocenters. The van der Waals surface area contributed by atoms with Crippen LogP contribution >= 0.6 is 23.4 Å². The third-order valence-corrected chi connectivity index (χ3v) is 8.41. The molecular weight excluding hydrogens is 466 g/mol. The number of nitrogens with zero attached hydrogens (tertiary/aromatic N) is 3. The van der Waals surface area contributed by atoms with Crippen molar-refractivity contribution in [2.75, 3.05) is 6.54 Å². The van der Waals surface area contributed by atoms with E-state index in [4.69, 9.17) is 16.6 Å². The smallest absolute Gasteiger partial charge is 0.266 e. The van der Waals surface area contributed by atoms with Crippen molar-refractivity contribution in [2.45, 2.75) is 63.4 Å². The molecule has 0 N–H and O–H groups in total. The summed E-state index contributed by atoms with van der Waals surface area (Å²) in [5, 5.41) is 1.21. The normalized spacial score (nSPS) is 24.4. The third kappa shape index (κ3) is 4.27. The first-order chi connectivity index (χ1) is 16.1. The standard InChI is InChI=1S/C27H30ClN3O2S/c1-17(23(32)30-16-27(4)14-20(30)13-26(2,3)15-27)34-25-29-22-11-6-5-10-21(22)24(33)31(25)19-9-7-8-18(28)12-19/h5-12,17,20H,13-16H2,1-4H3. The topological polar surface area (TPSA) is 55.2 Å². The number of amides is 1. The average Bonchev–Trinajstić information content (AvgIpc) is 3.01. The molecule has 7 heteroatoms. The second-order valence-corrected chi connectivity index (χ2v) is 12.7. The number of fused-ring (bicyclic) bond motifs is 3. The van der Waals surface area contributed by atoms with Crippen LogP contribution in [0.3, 0.4) is 0 Å². The summed E-state index contributed by atoms with van der Waals surface area (Å²) in [6.45, 7) is 9.66. The van der Waals surface area contributed by atoms with Gasteiger partial charge in [0.2, 0.25) is 5.91 Å². The van der Waals surface area contributed by atoms with E-state index in [-0.39, 0.29) is 33.6 Å². The number of carbonyl (C=O) groups is 1. The molecule has 34 heavy (non-hydrogen) atoms. The maximum Gasteiger partial charge on any atom is 0.266 e. The molecule has 2 aromatic carbocycles. The largest absolute Gasteiger partial charge is 0.338 e. The summed E-state index contributed by atoms with van der Waals surface area (Å²) in [4.78, 5) is 34.1. The highest BCUT2D eigenvalue weighted by Gasteiger charge is 2.51. The van der Waals surface area contributed by atoms with Crippen LogP contribution in [0.15, 0.2) is 58.5 Å². The first-order valence-corrected chi connectivity index (χ1v) is 13.1. The minimum atomic E-state index is -0.371. The second kappa shape index (κ2) is 8.42. The number of likely N-dealkylation sites (tertiary alicyclic amines) is 1. The fraction of sp³-hybridized carbons (Fsp3) is 0.444. The van der Waals surface area contributed by atoms with Gasteiger partial charge in [0, 0.05) is 17.6 Å². The summed E-state index contributed by atoms with van der Waals surface area (Å²) >= 11 is 7.59. The Hall–Kier alpha value is -2.31. The molecule has 1 saturated heterocycles. The monoisotopic (exact) mass is 495 g/mol. The Labute approximate surface area is 209 Å². The van der Waals surface area contributed by atoms with Crippen LogP contribution in [0.25, 0.3) is 16.6 Å². The Bertz CT molecular complexity index is 1340. The van der Waals surface area contributed by atoms with Crippen LogP contribution in [0.1, 0.15) is 47.0 Å². The van der Waals surface area contributed by atoms with Gasteiger partial charge in [-0.25, -0.2) is 4.98 Å². The van der Waals surface area contributed by atoms with Gasteiger partial charge in [-0.1, -0.05) is 62.3 Å². The number of hydrogen-bond acceptors (Lipinski definition) is 4. The van der Waals surface area contributed by atoms with Crippen molar-refractivity contribution in [3.63, 3.8) is 0 Å².